The summed E-state index contributed by atoms with van der Waals surface area (Å²) >= 11 is 8.75. The number of hydrogen-bond acceptors (Lipinski definition) is 8. The van der Waals surface area contributed by atoms with Gasteiger partial charge in [0.2, 0.25) is 11.8 Å². The van der Waals surface area contributed by atoms with Gasteiger partial charge in [-0.15, -0.1) is 0 Å². The third kappa shape index (κ3) is 12.8. The molecule has 1 unspecified atom stereocenters. The van der Waals surface area contributed by atoms with E-state index >= 15 is 0 Å². The second kappa shape index (κ2) is 16.0. The van der Waals surface area contributed by atoms with Gasteiger partial charge in [-0.3, -0.25) is 25.8 Å². The molecule has 2 amide bonds. The van der Waals surface area contributed by atoms with Crippen molar-refractivity contribution in [1.29, 1.82) is 16.2 Å². The molecule has 0 saturated heterocycles. The molecule has 0 aromatic heterocycles. The van der Waals surface area contributed by atoms with Crippen LogP contribution < -0.4 is 16.4 Å². The predicted octanol–water partition coefficient (Wildman–Crippen LogP) is 5.39. The Labute approximate surface area is 236 Å². The second-order valence-electron chi connectivity index (χ2n) is 7.80. The number of benzene rings is 2. The van der Waals surface area contributed by atoms with Crippen LogP contribution in [0.3, 0.4) is 0 Å². The van der Waals surface area contributed by atoms with Crippen LogP contribution in [0.1, 0.15) is 36.8 Å². The first-order valence-corrected chi connectivity index (χ1v) is 14.3. The zero-order valence-corrected chi connectivity index (χ0v) is 24.2. The Morgan fingerprint density at radius 1 is 0.861 bits per heavy atom. The maximum absolute atomic E-state index is 12.1. The van der Waals surface area contributed by atoms with E-state index in [0.717, 1.165) is 50.0 Å². The molecule has 0 fully saturated rings. The molecule has 7 N–H and O–H groups in total. The van der Waals surface area contributed by atoms with E-state index in [4.69, 9.17) is 22.0 Å². The average molecular weight is 656 g/mol. The van der Waals surface area contributed by atoms with Crippen molar-refractivity contribution >= 4 is 82.6 Å². The first kappa shape index (κ1) is 30.2. The van der Waals surface area contributed by atoms with Crippen LogP contribution in [0.2, 0.25) is 0 Å². The van der Waals surface area contributed by atoms with E-state index in [0.29, 0.717) is 19.3 Å². The summed E-state index contributed by atoms with van der Waals surface area (Å²) in [5.74, 6) is -0.568. The van der Waals surface area contributed by atoms with Crippen LogP contribution in [-0.2, 0) is 22.4 Å². The maximum Gasteiger partial charge on any atom is 0.230 e. The maximum atomic E-state index is 12.1. The molecule has 0 spiro atoms. The van der Waals surface area contributed by atoms with Crippen molar-refractivity contribution in [3.63, 3.8) is 0 Å². The number of carbonyl (C=O) groups excluding carboxylic acids is 2. The molecule has 1 atom stereocenters. The molecular weight excluding hydrogens is 628 g/mol. The van der Waals surface area contributed by atoms with Gasteiger partial charge in [-0.25, -0.2) is 0 Å². The van der Waals surface area contributed by atoms with Gasteiger partial charge >= 0.3 is 0 Å². The van der Waals surface area contributed by atoms with Gasteiger partial charge in [0.25, 0.3) is 0 Å². The topological polar surface area (TPSA) is 156 Å². The summed E-state index contributed by atoms with van der Waals surface area (Å²) < 4.78 is 1.78. The zero-order chi connectivity index (χ0) is 26.5. The van der Waals surface area contributed by atoms with Crippen molar-refractivity contribution in [2.24, 2.45) is 5.73 Å². The van der Waals surface area contributed by atoms with Gasteiger partial charge in [-0.05, 0) is 66.4 Å². The lowest BCUT2D eigenvalue weighted by Crippen LogP contribution is -2.32. The monoisotopic (exact) mass is 654 g/mol. The number of unbranched alkanes of at least 4 members (excludes halogenated alkanes) is 1. The van der Waals surface area contributed by atoms with Crippen molar-refractivity contribution in [3.05, 3.63) is 68.6 Å². The fraction of sp³-hybridized carbons (Fsp3) is 0.292. The summed E-state index contributed by atoms with van der Waals surface area (Å²) in [6, 6.07) is 14.8. The summed E-state index contributed by atoms with van der Waals surface area (Å²) in [4.78, 5) is 24.2. The fourth-order valence-electron chi connectivity index (χ4n) is 3.08. The number of nitrogens with two attached hydrogens (primary N) is 1. The van der Waals surface area contributed by atoms with Gasteiger partial charge in [-0.1, -0.05) is 74.3 Å². The zero-order valence-electron chi connectivity index (χ0n) is 19.4. The van der Waals surface area contributed by atoms with E-state index in [9.17, 15) is 9.59 Å². The molecule has 0 bridgehead atoms. The van der Waals surface area contributed by atoms with Gasteiger partial charge in [0.05, 0.1) is 23.3 Å². The van der Waals surface area contributed by atoms with Gasteiger partial charge in [0.15, 0.2) is 10.3 Å². The highest BCUT2D eigenvalue weighted by Gasteiger charge is 2.13. The number of thioether (sulfide) groups is 2. The van der Waals surface area contributed by atoms with Crippen molar-refractivity contribution in [3.8, 4) is 0 Å². The van der Waals surface area contributed by atoms with Crippen LogP contribution in [0, 0.1) is 16.2 Å². The van der Waals surface area contributed by atoms with Crippen molar-refractivity contribution < 1.29 is 9.59 Å². The van der Waals surface area contributed by atoms with Gasteiger partial charge in [0, 0.05) is 8.95 Å². The van der Waals surface area contributed by atoms with E-state index < -0.39 is 0 Å². The minimum atomic E-state index is -0.346. The Morgan fingerprint density at radius 3 is 1.92 bits per heavy atom. The molecule has 0 heterocycles. The Kier molecular flexibility index (Phi) is 13.4. The second-order valence-corrected chi connectivity index (χ2v) is 12.0. The average Bonchev–Trinajstić information content (AvgIpc) is 2.76. The molecule has 36 heavy (non-hydrogen) atoms. The Hall–Kier alpha value is -1.99. The number of carbonyl (C=O) groups is 2. The minimum Gasteiger partial charge on any atom is -0.319 e. The lowest BCUT2D eigenvalue weighted by atomic mass is 10.1. The van der Waals surface area contributed by atoms with Crippen LogP contribution in [0.25, 0.3) is 0 Å². The Morgan fingerprint density at radius 2 is 1.39 bits per heavy atom. The third-order valence-electron chi connectivity index (χ3n) is 4.65. The van der Waals surface area contributed by atoms with E-state index in [2.05, 4.69) is 42.5 Å². The summed E-state index contributed by atoms with van der Waals surface area (Å²) in [6.07, 6.45) is 2.85. The van der Waals surface area contributed by atoms with Gasteiger partial charge in [0.1, 0.15) is 0 Å². The third-order valence-corrected chi connectivity index (χ3v) is 7.27. The largest absolute Gasteiger partial charge is 0.319 e. The molecule has 8 nitrogen and oxygen atoms in total. The van der Waals surface area contributed by atoms with E-state index in [-0.39, 0.29) is 45.4 Å². The lowest BCUT2D eigenvalue weighted by molar-refractivity contribution is -0.119. The van der Waals surface area contributed by atoms with Gasteiger partial charge in [-0.2, -0.15) is 0 Å². The number of amides is 2. The number of hydrogen-bond donors (Lipinski definition) is 6. The fourth-order valence-corrected chi connectivity index (χ4v) is 5.39. The smallest absolute Gasteiger partial charge is 0.230 e. The molecule has 0 saturated carbocycles. The highest BCUT2D eigenvalue weighted by Crippen LogP contribution is 2.17. The molecule has 0 radical (unpaired) electrons. The Balaban J connectivity index is 1.57. The molecule has 0 aliphatic carbocycles. The summed E-state index contributed by atoms with van der Waals surface area (Å²) in [5.41, 5.74) is 7.75. The van der Waals surface area contributed by atoms with E-state index in [1.54, 1.807) is 0 Å². The molecule has 0 aliphatic rings. The quantitative estimate of drug-likeness (QED) is 0.0876. The molecule has 2 aromatic rings. The first-order chi connectivity index (χ1) is 17.1. The normalized spacial score (nSPS) is 11.4. The van der Waals surface area contributed by atoms with Gasteiger partial charge < -0.3 is 16.4 Å². The number of rotatable bonds is 10. The van der Waals surface area contributed by atoms with E-state index in [1.165, 1.54) is 0 Å². The summed E-state index contributed by atoms with van der Waals surface area (Å²) in [5, 5.41) is 28.9. The number of nitrogens with one attached hydrogen (secondary N) is 5. The molecule has 0 aliphatic heterocycles. The van der Waals surface area contributed by atoms with Crippen LogP contribution in [0.5, 0.6) is 0 Å². The standard InChI is InChI=1S/C24H28Br2N6O2S2/c25-17-7-3-5-15(11-17)13-21(33)31-23(29)35-19(27)9-1-2-10-20(28)36-24(30)32-22(34)14-16-6-4-8-18(26)12-16/h3-8,11-12,19,28H,1-2,9-10,13-14,27H2,(H2,29,31,33)(H2,30,32,34). The van der Waals surface area contributed by atoms with Crippen LogP contribution in [-0.4, -0.2) is 32.6 Å². The molecule has 192 valence electrons. The molecular formula is C24H28Br2N6O2S2. The summed E-state index contributed by atoms with van der Waals surface area (Å²) in [7, 11) is 0. The summed E-state index contributed by atoms with van der Waals surface area (Å²) in [6.45, 7) is 0. The number of amidine groups is 2. The van der Waals surface area contributed by atoms with Crippen LogP contribution >= 0.6 is 55.4 Å². The highest BCUT2D eigenvalue weighted by molar-refractivity contribution is 9.10. The lowest BCUT2D eigenvalue weighted by Gasteiger charge is -2.13. The highest BCUT2D eigenvalue weighted by atomic mass is 79.9. The van der Waals surface area contributed by atoms with Crippen molar-refractivity contribution in [2.45, 2.75) is 43.9 Å². The van der Waals surface area contributed by atoms with Crippen molar-refractivity contribution in [2.75, 3.05) is 0 Å². The van der Waals surface area contributed by atoms with E-state index in [1.807, 2.05) is 48.5 Å². The van der Waals surface area contributed by atoms with Crippen molar-refractivity contribution in [1.82, 2.24) is 10.6 Å². The SMILES string of the molecule is N=C(CCCCC(N)SC(=N)NC(=O)Cc1cccc(Br)c1)SC(=N)NC(=O)Cc1cccc(Br)c1. The molecule has 2 rings (SSSR count). The number of halogens is 2. The first-order valence-electron chi connectivity index (χ1n) is 11.0. The molecule has 2 aromatic carbocycles. The Bertz CT molecular complexity index is 1120. The molecule has 12 heteroatoms. The minimum absolute atomic E-state index is 0.0119. The predicted molar refractivity (Wildman–Crippen MR) is 157 cm³/mol. The van der Waals surface area contributed by atoms with Crippen LogP contribution in [0.15, 0.2) is 57.5 Å². The van der Waals surface area contributed by atoms with Crippen LogP contribution in [0.4, 0.5) is 0 Å².